The topological polar surface area (TPSA) is 89.3 Å². The average molecular weight is 924 g/mol. The van der Waals surface area contributed by atoms with Gasteiger partial charge in [0.25, 0.3) is 0 Å². The molecular weight excluding hydrogens is 892 g/mol. The van der Waals surface area contributed by atoms with E-state index in [1.54, 1.807) is 0 Å². The monoisotopic (exact) mass is 920 g/mol. The molecular formula is C44H32Cl6N2NiO4. The summed E-state index contributed by atoms with van der Waals surface area (Å²) in [5.41, 5.74) is 11.4. The second kappa shape index (κ2) is 16.9. The van der Waals surface area contributed by atoms with Gasteiger partial charge in [0, 0.05) is 16.5 Å². The zero-order chi connectivity index (χ0) is 40.3. The fourth-order valence-corrected chi connectivity index (χ4v) is 8.14. The standard InChI is InChI=1S/C32H32N2.C12H2Cl6O4.Ni/c1-19(2)24-15-10-16-25(20(3)4)30(24)34-32-27-18-9-14-23-13-8-17-26(28(23)27)31(32)33-29-21(5)11-7-12-22(29)6;13-1-2(14)4(16)10-9(3(1)15)21-11-5(17)7(19)8(20)6(18)12(11)22-10;/h7-20H,1-6H3;19-20H;/q;;+2/p-2. The Morgan fingerprint density at radius 3 is 1.28 bits per heavy atom. The number of nitrogens with zero attached hydrogens (tertiary/aromatic N) is 2. The summed E-state index contributed by atoms with van der Waals surface area (Å²) in [5, 5.41) is 24.5. The van der Waals surface area contributed by atoms with E-state index < -0.39 is 21.5 Å². The van der Waals surface area contributed by atoms with Crippen LogP contribution in [0.15, 0.2) is 82.8 Å². The molecule has 6 nitrogen and oxygen atoms in total. The van der Waals surface area contributed by atoms with Crippen LogP contribution in [0, 0.1) is 13.8 Å². The van der Waals surface area contributed by atoms with E-state index in [0.717, 1.165) is 22.8 Å². The molecule has 0 amide bonds. The molecule has 57 heavy (non-hydrogen) atoms. The van der Waals surface area contributed by atoms with Crippen LogP contribution < -0.4 is 19.7 Å². The molecule has 0 spiro atoms. The number of aryl methyl sites for hydroxylation is 2. The molecule has 2 aliphatic rings. The van der Waals surface area contributed by atoms with Gasteiger partial charge in [-0.15, -0.1) is 0 Å². The summed E-state index contributed by atoms with van der Waals surface area (Å²) in [6.45, 7) is 13.3. The van der Waals surface area contributed by atoms with Crippen LogP contribution in [-0.2, 0) is 16.5 Å². The summed E-state index contributed by atoms with van der Waals surface area (Å²) >= 11 is 35.5. The van der Waals surface area contributed by atoms with Crippen LogP contribution in [0.1, 0.15) is 72.9 Å². The van der Waals surface area contributed by atoms with Crippen molar-refractivity contribution in [1.82, 2.24) is 0 Å². The first kappa shape index (κ1) is 42.9. The van der Waals surface area contributed by atoms with Gasteiger partial charge < -0.3 is 19.7 Å². The van der Waals surface area contributed by atoms with Gasteiger partial charge in [-0.05, 0) is 53.3 Å². The molecule has 1 aliphatic carbocycles. The van der Waals surface area contributed by atoms with E-state index in [0.29, 0.717) is 11.8 Å². The molecule has 8 rings (SSSR count). The third kappa shape index (κ3) is 7.58. The van der Waals surface area contributed by atoms with Crippen molar-refractivity contribution in [3.05, 3.63) is 136 Å². The van der Waals surface area contributed by atoms with Crippen LogP contribution >= 0.6 is 69.6 Å². The number of fused-ring (bicyclic) bond motifs is 2. The van der Waals surface area contributed by atoms with Gasteiger partial charge in [0.2, 0.25) is 0 Å². The normalized spacial score (nSPS) is 13.9. The first-order valence-corrected chi connectivity index (χ1v) is 19.9. The minimum absolute atomic E-state index is 0. The minimum Gasteiger partial charge on any atom is -0.872 e. The number of ether oxygens (including phenoxy) is 2. The Morgan fingerprint density at radius 1 is 0.491 bits per heavy atom. The van der Waals surface area contributed by atoms with Crippen molar-refractivity contribution >= 4 is 103 Å². The molecule has 0 atom stereocenters. The molecule has 0 aromatic heterocycles. The molecule has 0 saturated heterocycles. The molecule has 0 unspecified atom stereocenters. The fraction of sp³-hybridized carbons (Fsp3) is 0.182. The molecule has 0 bridgehead atoms. The third-order valence-electron chi connectivity index (χ3n) is 9.67. The van der Waals surface area contributed by atoms with Gasteiger partial charge >= 0.3 is 16.5 Å². The van der Waals surface area contributed by atoms with E-state index in [9.17, 15) is 10.2 Å². The largest absolute Gasteiger partial charge is 2.00 e. The van der Waals surface area contributed by atoms with Crippen LogP contribution in [0.5, 0.6) is 34.5 Å². The first-order chi connectivity index (χ1) is 26.6. The second-order valence-corrected chi connectivity index (χ2v) is 16.3. The van der Waals surface area contributed by atoms with Gasteiger partial charge in [0.1, 0.15) is 10.0 Å². The van der Waals surface area contributed by atoms with Crippen molar-refractivity contribution in [3.8, 4) is 34.5 Å². The van der Waals surface area contributed by atoms with Crippen LogP contribution in [-0.4, -0.2) is 11.4 Å². The average Bonchev–Trinajstić information content (AvgIpc) is 3.48. The first-order valence-electron chi connectivity index (χ1n) is 17.6. The van der Waals surface area contributed by atoms with E-state index in [1.807, 2.05) is 0 Å². The summed E-state index contributed by atoms with van der Waals surface area (Å²) in [6.07, 6.45) is 0. The Labute approximate surface area is 370 Å². The maximum Gasteiger partial charge on any atom is 2.00 e. The molecule has 6 aromatic rings. The summed E-state index contributed by atoms with van der Waals surface area (Å²) in [6, 6.07) is 26.0. The molecule has 1 heterocycles. The predicted octanol–water partition coefficient (Wildman–Crippen LogP) is 14.6. The predicted molar refractivity (Wildman–Crippen MR) is 229 cm³/mol. The molecule has 13 heteroatoms. The summed E-state index contributed by atoms with van der Waals surface area (Å²) in [4.78, 5) is 10.8. The molecule has 1 aliphatic heterocycles. The van der Waals surface area contributed by atoms with E-state index in [-0.39, 0.29) is 59.6 Å². The molecule has 0 saturated carbocycles. The minimum atomic E-state index is -1.03. The van der Waals surface area contributed by atoms with Gasteiger partial charge in [-0.25, -0.2) is 9.98 Å². The molecule has 0 radical (unpaired) electrons. The number of para-hydroxylation sites is 2. The van der Waals surface area contributed by atoms with Gasteiger partial charge in [-0.2, -0.15) is 0 Å². The molecule has 0 N–H and O–H groups in total. The van der Waals surface area contributed by atoms with Crippen LogP contribution in [0.3, 0.4) is 0 Å². The number of hydrogen-bond donors (Lipinski definition) is 0. The fourth-order valence-electron chi connectivity index (χ4n) is 6.83. The van der Waals surface area contributed by atoms with E-state index in [1.165, 1.54) is 44.2 Å². The van der Waals surface area contributed by atoms with Gasteiger partial charge in [-0.3, -0.25) is 0 Å². The van der Waals surface area contributed by atoms with Crippen LogP contribution in [0.25, 0.3) is 10.8 Å². The zero-order valence-corrected chi connectivity index (χ0v) is 36.7. The summed E-state index contributed by atoms with van der Waals surface area (Å²) in [5.74, 6) is -1.97. The van der Waals surface area contributed by atoms with Crippen molar-refractivity contribution in [2.45, 2.75) is 53.4 Å². The quantitative estimate of drug-likeness (QED) is 0.0999. The number of hydrogen-bond acceptors (Lipinski definition) is 6. The Hall–Kier alpha value is -3.65. The summed E-state index contributed by atoms with van der Waals surface area (Å²) < 4.78 is 10.9. The van der Waals surface area contributed by atoms with Gasteiger partial charge in [-0.1, -0.05) is 182 Å². The van der Waals surface area contributed by atoms with Crippen LogP contribution in [0.4, 0.5) is 11.4 Å². The smallest absolute Gasteiger partial charge is 0.872 e. The zero-order valence-electron chi connectivity index (χ0n) is 31.2. The Bertz CT molecular complexity index is 2490. The Morgan fingerprint density at radius 2 is 0.860 bits per heavy atom. The van der Waals surface area contributed by atoms with E-state index in [4.69, 9.17) is 89.1 Å². The van der Waals surface area contributed by atoms with E-state index >= 15 is 0 Å². The number of benzene rings is 6. The van der Waals surface area contributed by atoms with E-state index in [2.05, 4.69) is 114 Å². The Balaban J connectivity index is 0.000000207. The molecule has 6 aromatic carbocycles. The third-order valence-corrected chi connectivity index (χ3v) is 12.1. The maximum atomic E-state index is 11.7. The van der Waals surface area contributed by atoms with Crippen molar-refractivity contribution in [2.24, 2.45) is 9.98 Å². The van der Waals surface area contributed by atoms with Gasteiger partial charge in [0.15, 0.2) is 23.0 Å². The maximum absolute atomic E-state index is 11.7. The summed E-state index contributed by atoms with van der Waals surface area (Å²) in [7, 11) is 0. The number of rotatable bonds is 4. The number of aliphatic imine (C=N–C) groups is 2. The number of halogens is 6. The molecule has 294 valence electrons. The van der Waals surface area contributed by atoms with Crippen molar-refractivity contribution in [3.63, 3.8) is 0 Å². The van der Waals surface area contributed by atoms with Gasteiger partial charge in [0.05, 0.1) is 42.9 Å². The van der Waals surface area contributed by atoms with Crippen molar-refractivity contribution in [2.75, 3.05) is 0 Å². The van der Waals surface area contributed by atoms with Crippen molar-refractivity contribution < 1.29 is 36.2 Å². The Kier molecular flexibility index (Phi) is 12.7. The van der Waals surface area contributed by atoms with Crippen LogP contribution in [0.2, 0.25) is 30.1 Å². The molecule has 0 fully saturated rings. The SMILES string of the molecule is Cc1cccc(C)c1N=C1C(=Nc2c(C(C)C)cccc2C(C)C)c2cccc3cccc1c23.[Ni+2].[O-]c1c([O-])c(Cl)c2c(c1Cl)Oc1c(Cl)c(Cl)c(Cl)c(Cl)c1O2. The van der Waals surface area contributed by atoms with Crippen molar-refractivity contribution in [1.29, 1.82) is 0 Å². The second-order valence-electron chi connectivity index (χ2n) is 14.0.